The average Bonchev–Trinajstić information content (AvgIpc) is 2.68. The Morgan fingerprint density at radius 3 is 2.75 bits per heavy atom. The molecular weight excluding hydrogens is 202 g/mol. The molecule has 5 heteroatoms. The summed E-state index contributed by atoms with van der Waals surface area (Å²) in [5, 5.41) is 15.4. The second-order valence-corrected chi connectivity index (χ2v) is 3.68. The van der Waals surface area contributed by atoms with Crippen molar-refractivity contribution < 1.29 is 0 Å². The van der Waals surface area contributed by atoms with Crippen molar-refractivity contribution >= 4 is 5.82 Å². The van der Waals surface area contributed by atoms with E-state index in [1.54, 1.807) is 6.20 Å². The number of hydrogen-bond donors (Lipinski definition) is 1. The molecule has 0 atom stereocenters. The number of anilines is 1. The predicted octanol–water partition coefficient (Wildman–Crippen LogP) is 1.17. The molecule has 0 unspecified atom stereocenters. The van der Waals surface area contributed by atoms with Crippen LogP contribution in [-0.2, 0) is 13.5 Å². The van der Waals surface area contributed by atoms with E-state index in [2.05, 4.69) is 20.6 Å². The van der Waals surface area contributed by atoms with Crippen LogP contribution in [0.4, 0.5) is 5.82 Å². The Kier molecular flexibility index (Phi) is 3.14. The molecule has 0 saturated carbocycles. The molecule has 0 fully saturated rings. The molecular formula is C11H15N5. The van der Waals surface area contributed by atoms with Gasteiger partial charge in [0.15, 0.2) is 0 Å². The Balaban J connectivity index is 1.84. The van der Waals surface area contributed by atoms with Gasteiger partial charge in [0.05, 0.1) is 5.69 Å². The Morgan fingerprint density at radius 1 is 1.25 bits per heavy atom. The van der Waals surface area contributed by atoms with E-state index in [0.717, 1.165) is 24.5 Å². The van der Waals surface area contributed by atoms with Crippen molar-refractivity contribution in [1.82, 2.24) is 20.0 Å². The van der Waals surface area contributed by atoms with E-state index in [-0.39, 0.29) is 0 Å². The van der Waals surface area contributed by atoms with Crippen LogP contribution in [0.1, 0.15) is 11.4 Å². The smallest absolute Gasteiger partial charge is 0.148 e. The molecule has 84 valence electrons. The van der Waals surface area contributed by atoms with Gasteiger partial charge in [-0.05, 0) is 25.1 Å². The zero-order valence-electron chi connectivity index (χ0n) is 9.51. The van der Waals surface area contributed by atoms with Crippen LogP contribution in [-0.4, -0.2) is 26.5 Å². The molecule has 0 radical (unpaired) electrons. The van der Waals surface area contributed by atoms with Gasteiger partial charge in [-0.2, -0.15) is 10.2 Å². The maximum atomic E-state index is 4.11. The van der Waals surface area contributed by atoms with E-state index < -0.39 is 0 Å². The number of aryl methyl sites for hydroxylation is 2. The van der Waals surface area contributed by atoms with E-state index in [0.29, 0.717) is 0 Å². The van der Waals surface area contributed by atoms with Crippen molar-refractivity contribution in [3.63, 3.8) is 0 Å². The van der Waals surface area contributed by atoms with Gasteiger partial charge >= 0.3 is 0 Å². The third kappa shape index (κ3) is 2.56. The van der Waals surface area contributed by atoms with E-state index in [1.807, 2.05) is 36.9 Å². The molecule has 16 heavy (non-hydrogen) atoms. The molecule has 5 nitrogen and oxygen atoms in total. The molecule has 2 aromatic heterocycles. The third-order valence-corrected chi connectivity index (χ3v) is 2.41. The van der Waals surface area contributed by atoms with Gasteiger partial charge in [-0.15, -0.1) is 5.10 Å². The summed E-state index contributed by atoms with van der Waals surface area (Å²) in [6.45, 7) is 2.75. The SMILES string of the molecule is Cc1ccc(NCCc2ccnn2C)nn1. The Hall–Kier alpha value is -1.91. The number of nitrogens with zero attached hydrogens (tertiary/aromatic N) is 4. The highest BCUT2D eigenvalue weighted by Gasteiger charge is 1.98. The molecule has 2 rings (SSSR count). The summed E-state index contributed by atoms with van der Waals surface area (Å²) in [4.78, 5) is 0. The quantitative estimate of drug-likeness (QED) is 0.835. The maximum Gasteiger partial charge on any atom is 0.148 e. The number of rotatable bonds is 4. The number of hydrogen-bond acceptors (Lipinski definition) is 4. The summed E-state index contributed by atoms with van der Waals surface area (Å²) in [6.07, 6.45) is 2.73. The standard InChI is InChI=1S/C11H15N5/c1-9-3-4-11(15-14-9)12-7-5-10-6-8-13-16(10)2/h3-4,6,8H,5,7H2,1-2H3,(H,12,15). The lowest BCUT2D eigenvalue weighted by Gasteiger charge is -2.05. The zero-order valence-corrected chi connectivity index (χ0v) is 9.51. The fourth-order valence-corrected chi connectivity index (χ4v) is 1.46. The van der Waals surface area contributed by atoms with Gasteiger partial charge in [0, 0.05) is 31.9 Å². The van der Waals surface area contributed by atoms with E-state index in [4.69, 9.17) is 0 Å². The second-order valence-electron chi connectivity index (χ2n) is 3.68. The number of nitrogens with one attached hydrogen (secondary N) is 1. The molecule has 0 aliphatic rings. The van der Waals surface area contributed by atoms with Gasteiger partial charge in [0.2, 0.25) is 0 Å². The van der Waals surface area contributed by atoms with Crippen LogP contribution < -0.4 is 5.32 Å². The van der Waals surface area contributed by atoms with E-state index in [1.165, 1.54) is 5.69 Å². The van der Waals surface area contributed by atoms with Crippen molar-refractivity contribution in [2.75, 3.05) is 11.9 Å². The maximum absolute atomic E-state index is 4.11. The topological polar surface area (TPSA) is 55.6 Å². The van der Waals surface area contributed by atoms with Crippen LogP contribution >= 0.6 is 0 Å². The first-order valence-electron chi connectivity index (χ1n) is 5.27. The molecule has 1 N–H and O–H groups in total. The lowest BCUT2D eigenvalue weighted by atomic mass is 10.3. The van der Waals surface area contributed by atoms with Crippen LogP contribution in [0.15, 0.2) is 24.4 Å². The largest absolute Gasteiger partial charge is 0.368 e. The van der Waals surface area contributed by atoms with Crippen molar-refractivity contribution in [2.45, 2.75) is 13.3 Å². The second kappa shape index (κ2) is 4.74. The van der Waals surface area contributed by atoms with Crippen LogP contribution in [0.25, 0.3) is 0 Å². The highest BCUT2D eigenvalue weighted by molar-refractivity contribution is 5.32. The minimum Gasteiger partial charge on any atom is -0.368 e. The molecule has 0 saturated heterocycles. The Labute approximate surface area is 94.5 Å². The predicted molar refractivity (Wildman–Crippen MR) is 62.2 cm³/mol. The normalized spacial score (nSPS) is 10.4. The summed E-state index contributed by atoms with van der Waals surface area (Å²) in [7, 11) is 1.95. The highest BCUT2D eigenvalue weighted by atomic mass is 15.3. The van der Waals surface area contributed by atoms with Crippen molar-refractivity contribution in [2.24, 2.45) is 7.05 Å². The molecule has 2 heterocycles. The van der Waals surface area contributed by atoms with Gasteiger partial charge in [0.1, 0.15) is 5.82 Å². The Morgan fingerprint density at radius 2 is 2.12 bits per heavy atom. The lowest BCUT2D eigenvalue weighted by Crippen LogP contribution is -2.09. The first-order valence-corrected chi connectivity index (χ1v) is 5.27. The number of aromatic nitrogens is 4. The van der Waals surface area contributed by atoms with E-state index in [9.17, 15) is 0 Å². The van der Waals surface area contributed by atoms with Crippen LogP contribution in [0.5, 0.6) is 0 Å². The van der Waals surface area contributed by atoms with Crippen molar-refractivity contribution in [1.29, 1.82) is 0 Å². The van der Waals surface area contributed by atoms with Crippen molar-refractivity contribution in [3.05, 3.63) is 35.8 Å². The minimum atomic E-state index is 0.813. The summed E-state index contributed by atoms with van der Waals surface area (Å²) >= 11 is 0. The van der Waals surface area contributed by atoms with E-state index >= 15 is 0 Å². The van der Waals surface area contributed by atoms with Crippen LogP contribution in [0.3, 0.4) is 0 Å². The third-order valence-electron chi connectivity index (χ3n) is 2.41. The minimum absolute atomic E-state index is 0.813. The highest BCUT2D eigenvalue weighted by Crippen LogP contribution is 2.02. The van der Waals surface area contributed by atoms with Crippen molar-refractivity contribution in [3.8, 4) is 0 Å². The summed E-state index contributed by atoms with van der Waals surface area (Å²) in [5.41, 5.74) is 2.13. The average molecular weight is 217 g/mol. The molecule has 0 aliphatic heterocycles. The molecule has 0 spiro atoms. The van der Waals surface area contributed by atoms with Crippen LogP contribution in [0, 0.1) is 6.92 Å². The zero-order chi connectivity index (χ0) is 11.4. The van der Waals surface area contributed by atoms with Gasteiger partial charge in [-0.25, -0.2) is 0 Å². The molecule has 0 aromatic carbocycles. The molecule has 0 aliphatic carbocycles. The summed E-state index contributed by atoms with van der Waals surface area (Å²) in [5.74, 6) is 0.813. The first kappa shape index (κ1) is 10.6. The molecule has 0 amide bonds. The van der Waals surface area contributed by atoms with Gasteiger partial charge in [-0.3, -0.25) is 4.68 Å². The summed E-state index contributed by atoms with van der Waals surface area (Å²) < 4.78 is 1.88. The van der Waals surface area contributed by atoms with Gasteiger partial charge < -0.3 is 5.32 Å². The Bertz CT molecular complexity index is 446. The first-order chi connectivity index (χ1) is 7.75. The van der Waals surface area contributed by atoms with Crippen LogP contribution in [0.2, 0.25) is 0 Å². The summed E-state index contributed by atoms with van der Waals surface area (Å²) in [6, 6.07) is 5.90. The fraction of sp³-hybridized carbons (Fsp3) is 0.364. The fourth-order valence-electron chi connectivity index (χ4n) is 1.46. The lowest BCUT2D eigenvalue weighted by molar-refractivity contribution is 0.710. The monoisotopic (exact) mass is 217 g/mol. The molecule has 2 aromatic rings. The molecule has 0 bridgehead atoms. The van der Waals surface area contributed by atoms with Gasteiger partial charge in [0.25, 0.3) is 0 Å². The van der Waals surface area contributed by atoms with Gasteiger partial charge in [-0.1, -0.05) is 0 Å².